The molecule has 3 heteroatoms. The van der Waals surface area contributed by atoms with E-state index in [2.05, 4.69) is 72.9 Å². The van der Waals surface area contributed by atoms with Crippen LogP contribution in [0.2, 0.25) is 0 Å². The van der Waals surface area contributed by atoms with Gasteiger partial charge in [0.1, 0.15) is 0 Å². The van der Waals surface area contributed by atoms with Crippen LogP contribution in [0.1, 0.15) is 30.4 Å². The molecule has 0 spiro atoms. The largest absolute Gasteiger partial charge is 0.313 e. The molecule has 27 heavy (non-hydrogen) atoms. The van der Waals surface area contributed by atoms with Gasteiger partial charge in [0.2, 0.25) is 0 Å². The third-order valence-corrected chi connectivity index (χ3v) is 6.34. The number of hydrogen-bond donors (Lipinski definition) is 1. The fourth-order valence-electron chi connectivity index (χ4n) is 3.33. The predicted molar refractivity (Wildman–Crippen MR) is 115 cm³/mol. The van der Waals surface area contributed by atoms with Crippen molar-refractivity contribution in [3.8, 4) is 0 Å². The lowest BCUT2D eigenvalue weighted by molar-refractivity contribution is 0.551. The molecule has 3 aromatic carbocycles. The van der Waals surface area contributed by atoms with Crippen molar-refractivity contribution in [2.45, 2.75) is 30.2 Å². The molecule has 0 heterocycles. The maximum absolute atomic E-state index is 12.5. The summed E-state index contributed by atoms with van der Waals surface area (Å²) in [7, 11) is -0.962. The van der Waals surface area contributed by atoms with Gasteiger partial charge in [0, 0.05) is 22.6 Å². The van der Waals surface area contributed by atoms with Crippen molar-refractivity contribution in [1.29, 1.82) is 0 Å². The smallest absolute Gasteiger partial charge is 0.0545 e. The summed E-state index contributed by atoms with van der Waals surface area (Å²) in [5.41, 5.74) is 2.68. The van der Waals surface area contributed by atoms with Crippen LogP contribution in [0, 0.1) is 0 Å². The van der Waals surface area contributed by atoms with Crippen LogP contribution in [0.3, 0.4) is 0 Å². The molecule has 2 nitrogen and oxygen atoms in total. The van der Waals surface area contributed by atoms with Crippen molar-refractivity contribution in [3.05, 3.63) is 102 Å². The molecule has 140 valence electrons. The number of benzene rings is 3. The van der Waals surface area contributed by atoms with Gasteiger partial charge in [-0.05, 0) is 43.1 Å². The Hall–Kier alpha value is -2.23. The molecular weight excluding hydrogens is 350 g/mol. The topological polar surface area (TPSA) is 29.1 Å². The Morgan fingerprint density at radius 3 is 1.78 bits per heavy atom. The SMILES string of the molecule is C[C@H](C[S@](=O)c1ccccc1)NCCC(c1ccccc1)c1ccccc1. The lowest BCUT2D eigenvalue weighted by Crippen LogP contribution is -2.32. The molecule has 0 saturated carbocycles. The number of rotatable bonds is 9. The van der Waals surface area contributed by atoms with Gasteiger partial charge in [-0.15, -0.1) is 0 Å². The summed E-state index contributed by atoms with van der Waals surface area (Å²) in [6, 6.07) is 31.2. The molecule has 3 rings (SSSR count). The lowest BCUT2D eigenvalue weighted by atomic mass is 9.88. The van der Waals surface area contributed by atoms with Crippen LogP contribution in [-0.2, 0) is 10.8 Å². The maximum atomic E-state index is 12.5. The van der Waals surface area contributed by atoms with E-state index in [4.69, 9.17) is 0 Å². The Morgan fingerprint density at radius 2 is 1.26 bits per heavy atom. The molecule has 2 atom stereocenters. The zero-order valence-corrected chi connectivity index (χ0v) is 16.6. The highest BCUT2D eigenvalue weighted by Gasteiger charge is 2.15. The van der Waals surface area contributed by atoms with Crippen LogP contribution in [0.25, 0.3) is 0 Å². The molecule has 0 aliphatic carbocycles. The van der Waals surface area contributed by atoms with E-state index in [1.165, 1.54) is 11.1 Å². The van der Waals surface area contributed by atoms with Crippen LogP contribution in [0.4, 0.5) is 0 Å². The summed E-state index contributed by atoms with van der Waals surface area (Å²) in [5, 5.41) is 3.56. The molecule has 0 aromatic heterocycles. The summed E-state index contributed by atoms with van der Waals surface area (Å²) in [4.78, 5) is 0.901. The third-order valence-electron chi connectivity index (χ3n) is 4.74. The molecule has 0 amide bonds. The van der Waals surface area contributed by atoms with E-state index < -0.39 is 10.8 Å². The normalized spacial score (nSPS) is 13.4. The Labute approximate surface area is 165 Å². The van der Waals surface area contributed by atoms with E-state index in [9.17, 15) is 4.21 Å². The zero-order valence-electron chi connectivity index (χ0n) is 15.8. The van der Waals surface area contributed by atoms with Gasteiger partial charge in [-0.2, -0.15) is 0 Å². The lowest BCUT2D eigenvalue weighted by Gasteiger charge is -2.20. The van der Waals surface area contributed by atoms with Gasteiger partial charge in [-0.1, -0.05) is 78.9 Å². The van der Waals surface area contributed by atoms with Gasteiger partial charge in [-0.3, -0.25) is 4.21 Å². The van der Waals surface area contributed by atoms with Gasteiger partial charge in [-0.25, -0.2) is 0 Å². The number of nitrogens with one attached hydrogen (secondary N) is 1. The Kier molecular flexibility index (Phi) is 7.37. The molecule has 0 fully saturated rings. The summed E-state index contributed by atoms with van der Waals surface area (Å²) >= 11 is 0. The van der Waals surface area contributed by atoms with Crippen molar-refractivity contribution in [1.82, 2.24) is 5.32 Å². The van der Waals surface area contributed by atoms with Crippen LogP contribution in [-0.4, -0.2) is 22.5 Å². The van der Waals surface area contributed by atoms with Gasteiger partial charge in [0.25, 0.3) is 0 Å². The van der Waals surface area contributed by atoms with Crippen molar-refractivity contribution in [2.75, 3.05) is 12.3 Å². The minimum atomic E-state index is -0.962. The zero-order chi connectivity index (χ0) is 18.9. The number of hydrogen-bond acceptors (Lipinski definition) is 2. The highest BCUT2D eigenvalue weighted by atomic mass is 32.2. The Morgan fingerprint density at radius 1 is 0.778 bits per heavy atom. The van der Waals surface area contributed by atoms with Crippen LogP contribution >= 0.6 is 0 Å². The maximum Gasteiger partial charge on any atom is 0.0545 e. The molecular formula is C24H27NOS. The standard InChI is InChI=1S/C24H27NOS/c1-20(19-27(26)23-15-9-4-10-16-23)25-18-17-24(21-11-5-2-6-12-21)22-13-7-3-8-14-22/h2-16,20,24-25H,17-19H2,1H3/t20-,27+/m1/s1. The molecule has 0 saturated heterocycles. The van der Waals surface area contributed by atoms with Gasteiger partial charge in [0.15, 0.2) is 0 Å². The second kappa shape index (κ2) is 10.2. The highest BCUT2D eigenvalue weighted by molar-refractivity contribution is 7.85. The Balaban J connectivity index is 1.57. The first-order valence-corrected chi connectivity index (χ1v) is 10.8. The van der Waals surface area contributed by atoms with Crippen molar-refractivity contribution in [2.24, 2.45) is 0 Å². The summed E-state index contributed by atoms with van der Waals surface area (Å²) in [6.45, 7) is 3.00. The molecule has 0 aliphatic rings. The van der Waals surface area contributed by atoms with Crippen molar-refractivity contribution < 1.29 is 4.21 Å². The third kappa shape index (κ3) is 5.88. The van der Waals surface area contributed by atoms with Crippen LogP contribution in [0.15, 0.2) is 95.9 Å². The van der Waals surface area contributed by atoms with Crippen molar-refractivity contribution in [3.63, 3.8) is 0 Å². The van der Waals surface area contributed by atoms with E-state index in [0.717, 1.165) is 17.9 Å². The average Bonchev–Trinajstić information content (AvgIpc) is 2.73. The van der Waals surface area contributed by atoms with Crippen LogP contribution < -0.4 is 5.32 Å². The second-order valence-electron chi connectivity index (χ2n) is 6.84. The molecule has 0 radical (unpaired) electrons. The fraction of sp³-hybridized carbons (Fsp3) is 0.250. The minimum absolute atomic E-state index is 0.207. The summed E-state index contributed by atoms with van der Waals surface area (Å²) < 4.78 is 12.5. The molecule has 0 aliphatic heterocycles. The van der Waals surface area contributed by atoms with E-state index >= 15 is 0 Å². The summed E-state index contributed by atoms with van der Waals surface area (Å²) in [6.07, 6.45) is 1.01. The second-order valence-corrected chi connectivity index (χ2v) is 8.34. The average molecular weight is 378 g/mol. The highest BCUT2D eigenvalue weighted by Crippen LogP contribution is 2.27. The van der Waals surface area contributed by atoms with E-state index in [1.54, 1.807) is 0 Å². The Bertz CT molecular complexity index is 781. The first-order chi connectivity index (χ1) is 13.2. The first-order valence-electron chi connectivity index (χ1n) is 9.50. The van der Waals surface area contributed by atoms with E-state index in [-0.39, 0.29) is 6.04 Å². The van der Waals surface area contributed by atoms with Crippen molar-refractivity contribution >= 4 is 10.8 Å². The van der Waals surface area contributed by atoms with Gasteiger partial charge in [0.05, 0.1) is 10.8 Å². The van der Waals surface area contributed by atoms with E-state index in [0.29, 0.717) is 11.7 Å². The van der Waals surface area contributed by atoms with E-state index in [1.807, 2.05) is 30.3 Å². The fourth-order valence-corrected chi connectivity index (χ4v) is 4.55. The molecule has 3 aromatic rings. The first kappa shape index (κ1) is 19.5. The molecule has 0 bridgehead atoms. The predicted octanol–water partition coefficient (Wildman–Crippen LogP) is 4.99. The quantitative estimate of drug-likeness (QED) is 0.569. The molecule has 1 N–H and O–H groups in total. The minimum Gasteiger partial charge on any atom is -0.313 e. The monoisotopic (exact) mass is 377 g/mol. The van der Waals surface area contributed by atoms with Crippen LogP contribution in [0.5, 0.6) is 0 Å². The summed E-state index contributed by atoms with van der Waals surface area (Å²) in [5.74, 6) is 0.998. The van der Waals surface area contributed by atoms with Gasteiger partial charge < -0.3 is 5.32 Å². The molecule has 0 unspecified atom stereocenters. The van der Waals surface area contributed by atoms with Gasteiger partial charge >= 0.3 is 0 Å².